The molecule has 20 heavy (non-hydrogen) atoms. The predicted molar refractivity (Wildman–Crippen MR) is 84.7 cm³/mol. The fraction of sp³-hybridized carbons (Fsp3) is 0.571. The van der Waals surface area contributed by atoms with Crippen LogP contribution in [0.2, 0.25) is 0 Å². The molecule has 0 saturated carbocycles. The predicted octanol–water partition coefficient (Wildman–Crippen LogP) is 1.71. The highest BCUT2D eigenvalue weighted by Gasteiger charge is 2.28. The largest absolute Gasteiger partial charge is 0.316 e. The van der Waals surface area contributed by atoms with Gasteiger partial charge in [0.2, 0.25) is 10.0 Å². The van der Waals surface area contributed by atoms with Crippen molar-refractivity contribution in [3.8, 4) is 0 Å². The Kier molecular flexibility index (Phi) is 5.49. The number of aryl methyl sites for hydroxylation is 1. The Morgan fingerprint density at radius 1 is 1.30 bits per heavy atom. The van der Waals surface area contributed by atoms with Crippen molar-refractivity contribution in [3.63, 3.8) is 0 Å². The van der Waals surface area contributed by atoms with E-state index in [9.17, 15) is 8.42 Å². The molecular weight excluding hydrogens is 292 g/mol. The molecule has 1 N–H and O–H groups in total. The SMILES string of the molecule is CCc1ccc(CNC)cc1S(=O)(=O)N1CCSCC1. The minimum Gasteiger partial charge on any atom is -0.316 e. The summed E-state index contributed by atoms with van der Waals surface area (Å²) in [5.41, 5.74) is 1.91. The summed E-state index contributed by atoms with van der Waals surface area (Å²) < 4.78 is 27.3. The van der Waals surface area contributed by atoms with Gasteiger partial charge in [-0.15, -0.1) is 0 Å². The van der Waals surface area contributed by atoms with E-state index in [1.54, 1.807) is 4.31 Å². The van der Waals surface area contributed by atoms with E-state index in [1.165, 1.54) is 0 Å². The van der Waals surface area contributed by atoms with Gasteiger partial charge in [-0.3, -0.25) is 0 Å². The van der Waals surface area contributed by atoms with Crippen LogP contribution in [0.4, 0.5) is 0 Å². The molecule has 1 heterocycles. The molecule has 4 nitrogen and oxygen atoms in total. The minimum absolute atomic E-state index is 0.486. The van der Waals surface area contributed by atoms with Gasteiger partial charge in [0.25, 0.3) is 0 Å². The average molecular weight is 314 g/mol. The Bertz CT molecular complexity index is 552. The number of sulfonamides is 1. The third-order valence-electron chi connectivity index (χ3n) is 3.48. The maximum absolute atomic E-state index is 12.8. The monoisotopic (exact) mass is 314 g/mol. The number of benzene rings is 1. The molecule has 1 saturated heterocycles. The first-order valence-electron chi connectivity index (χ1n) is 6.94. The fourth-order valence-corrected chi connectivity index (χ4v) is 5.29. The molecular formula is C14H22N2O2S2. The van der Waals surface area contributed by atoms with Crippen molar-refractivity contribution < 1.29 is 8.42 Å². The molecule has 1 fully saturated rings. The molecule has 1 aromatic carbocycles. The van der Waals surface area contributed by atoms with E-state index in [2.05, 4.69) is 5.32 Å². The summed E-state index contributed by atoms with van der Waals surface area (Å²) in [6.45, 7) is 3.92. The van der Waals surface area contributed by atoms with Crippen molar-refractivity contribution >= 4 is 21.8 Å². The van der Waals surface area contributed by atoms with Crippen LogP contribution in [0.1, 0.15) is 18.1 Å². The summed E-state index contributed by atoms with van der Waals surface area (Å²) >= 11 is 1.82. The van der Waals surface area contributed by atoms with Gasteiger partial charge in [0.15, 0.2) is 0 Å². The number of thioether (sulfide) groups is 1. The Morgan fingerprint density at radius 3 is 2.60 bits per heavy atom. The van der Waals surface area contributed by atoms with E-state index >= 15 is 0 Å². The number of nitrogens with one attached hydrogen (secondary N) is 1. The van der Waals surface area contributed by atoms with Crippen LogP contribution >= 0.6 is 11.8 Å². The Labute approximate surface area is 126 Å². The van der Waals surface area contributed by atoms with Gasteiger partial charge >= 0.3 is 0 Å². The number of hydrogen-bond acceptors (Lipinski definition) is 4. The van der Waals surface area contributed by atoms with Crippen LogP contribution in [0.25, 0.3) is 0 Å². The molecule has 0 radical (unpaired) electrons. The molecule has 0 aromatic heterocycles. The fourth-order valence-electron chi connectivity index (χ4n) is 2.37. The molecule has 6 heteroatoms. The molecule has 0 amide bonds. The van der Waals surface area contributed by atoms with E-state index < -0.39 is 10.0 Å². The van der Waals surface area contributed by atoms with Crippen LogP contribution in [-0.4, -0.2) is 44.4 Å². The number of nitrogens with zero attached hydrogens (tertiary/aromatic N) is 1. The summed E-state index contributed by atoms with van der Waals surface area (Å²) in [5.74, 6) is 1.77. The van der Waals surface area contributed by atoms with Crippen molar-refractivity contribution in [3.05, 3.63) is 29.3 Å². The summed E-state index contributed by atoms with van der Waals surface area (Å²) in [5, 5.41) is 3.07. The van der Waals surface area contributed by atoms with E-state index in [0.717, 1.165) is 29.1 Å². The first kappa shape index (κ1) is 15.8. The van der Waals surface area contributed by atoms with E-state index in [4.69, 9.17) is 0 Å². The van der Waals surface area contributed by atoms with Crippen LogP contribution in [0.15, 0.2) is 23.1 Å². The molecule has 1 aliphatic rings. The van der Waals surface area contributed by atoms with Crippen molar-refractivity contribution in [1.29, 1.82) is 0 Å². The molecule has 1 aliphatic heterocycles. The molecule has 0 bridgehead atoms. The minimum atomic E-state index is -3.35. The summed E-state index contributed by atoms with van der Waals surface area (Å²) in [6.07, 6.45) is 0.733. The van der Waals surface area contributed by atoms with Crippen molar-refractivity contribution in [2.24, 2.45) is 0 Å². The lowest BCUT2D eigenvalue weighted by atomic mass is 10.1. The zero-order chi connectivity index (χ0) is 14.6. The average Bonchev–Trinajstić information content (AvgIpc) is 2.48. The van der Waals surface area contributed by atoms with Gasteiger partial charge in [0.05, 0.1) is 4.90 Å². The Balaban J connectivity index is 2.39. The highest BCUT2D eigenvalue weighted by atomic mass is 32.2. The quantitative estimate of drug-likeness (QED) is 0.899. The molecule has 0 unspecified atom stereocenters. The smallest absolute Gasteiger partial charge is 0.243 e. The second-order valence-electron chi connectivity index (χ2n) is 4.84. The van der Waals surface area contributed by atoms with E-state index in [0.29, 0.717) is 24.5 Å². The van der Waals surface area contributed by atoms with Gasteiger partial charge in [0.1, 0.15) is 0 Å². The molecule has 0 atom stereocenters. The topological polar surface area (TPSA) is 49.4 Å². The lowest BCUT2D eigenvalue weighted by molar-refractivity contribution is 0.443. The lowest BCUT2D eigenvalue weighted by Gasteiger charge is -2.26. The summed E-state index contributed by atoms with van der Waals surface area (Å²) in [7, 11) is -1.49. The van der Waals surface area contributed by atoms with Gasteiger partial charge in [-0.05, 0) is 30.7 Å². The van der Waals surface area contributed by atoms with Crippen LogP contribution < -0.4 is 5.32 Å². The van der Waals surface area contributed by atoms with Crippen molar-refractivity contribution in [1.82, 2.24) is 9.62 Å². The van der Waals surface area contributed by atoms with Crippen molar-refractivity contribution in [2.75, 3.05) is 31.6 Å². The Morgan fingerprint density at radius 2 is 2.00 bits per heavy atom. The zero-order valence-electron chi connectivity index (χ0n) is 12.1. The Hall–Kier alpha value is -0.560. The molecule has 2 rings (SSSR count). The van der Waals surface area contributed by atoms with E-state index in [1.807, 2.05) is 43.9 Å². The highest BCUT2D eigenvalue weighted by molar-refractivity contribution is 7.99. The van der Waals surface area contributed by atoms with Crippen LogP contribution in [-0.2, 0) is 23.0 Å². The van der Waals surface area contributed by atoms with Crippen LogP contribution in [0.5, 0.6) is 0 Å². The first-order valence-corrected chi connectivity index (χ1v) is 9.53. The van der Waals surface area contributed by atoms with Crippen molar-refractivity contribution in [2.45, 2.75) is 24.8 Å². The second-order valence-corrected chi connectivity index (χ2v) is 7.97. The standard InChI is InChI=1S/C14H22N2O2S2/c1-3-13-5-4-12(11-15-2)10-14(13)20(17,18)16-6-8-19-9-7-16/h4-5,10,15H,3,6-9,11H2,1-2H3. The zero-order valence-corrected chi connectivity index (χ0v) is 13.7. The normalized spacial score (nSPS) is 17.3. The third-order valence-corrected chi connectivity index (χ3v) is 6.40. The number of hydrogen-bond donors (Lipinski definition) is 1. The van der Waals surface area contributed by atoms with Gasteiger partial charge in [-0.2, -0.15) is 16.1 Å². The molecule has 112 valence electrons. The number of rotatable bonds is 5. The summed E-state index contributed by atoms with van der Waals surface area (Å²) in [6, 6.07) is 5.77. The van der Waals surface area contributed by atoms with Gasteiger partial charge in [0, 0.05) is 31.1 Å². The first-order chi connectivity index (χ1) is 9.59. The maximum Gasteiger partial charge on any atom is 0.243 e. The molecule has 0 aliphatic carbocycles. The van der Waals surface area contributed by atoms with Gasteiger partial charge in [-0.1, -0.05) is 19.1 Å². The maximum atomic E-state index is 12.8. The third kappa shape index (κ3) is 3.36. The van der Waals surface area contributed by atoms with Crippen LogP contribution in [0, 0.1) is 0 Å². The summed E-state index contributed by atoms with van der Waals surface area (Å²) in [4.78, 5) is 0.486. The second kappa shape index (κ2) is 6.93. The molecule has 0 spiro atoms. The lowest BCUT2D eigenvalue weighted by Crippen LogP contribution is -2.38. The van der Waals surface area contributed by atoms with Gasteiger partial charge < -0.3 is 5.32 Å². The van der Waals surface area contributed by atoms with E-state index in [-0.39, 0.29) is 0 Å². The molecule has 1 aromatic rings. The van der Waals surface area contributed by atoms with Crippen LogP contribution in [0.3, 0.4) is 0 Å². The highest BCUT2D eigenvalue weighted by Crippen LogP contribution is 2.25. The van der Waals surface area contributed by atoms with Gasteiger partial charge in [-0.25, -0.2) is 8.42 Å².